The first-order valence-electron chi connectivity index (χ1n) is 9.24. The number of carbonyl (C=O) groups is 1. The molecule has 4 atom stereocenters. The summed E-state index contributed by atoms with van der Waals surface area (Å²) in [6.07, 6.45) is 5.62. The average molecular weight is 349 g/mol. The third-order valence-corrected chi connectivity index (χ3v) is 6.09. The molecule has 25 heavy (non-hydrogen) atoms. The van der Waals surface area contributed by atoms with Crippen molar-refractivity contribution in [1.29, 1.82) is 0 Å². The minimum absolute atomic E-state index is 0.0141. The van der Waals surface area contributed by atoms with Crippen LogP contribution in [0.3, 0.4) is 0 Å². The summed E-state index contributed by atoms with van der Waals surface area (Å²) in [5.74, 6) is 0.0950. The molecule has 0 aromatic carbocycles. The summed E-state index contributed by atoms with van der Waals surface area (Å²) < 4.78 is 13.1. The number of ether oxygens (including phenoxy) is 2. The molecule has 3 aliphatic rings. The van der Waals surface area contributed by atoms with E-state index in [1.807, 2.05) is 22.7 Å². The van der Waals surface area contributed by atoms with E-state index in [9.17, 15) is 9.90 Å². The van der Waals surface area contributed by atoms with Crippen LogP contribution < -0.4 is 0 Å². The molecular weight excluding hydrogens is 322 g/mol. The Hall–Kier alpha value is -1.44. The second kappa shape index (κ2) is 6.70. The van der Waals surface area contributed by atoms with Crippen molar-refractivity contribution >= 4 is 5.91 Å². The Morgan fingerprint density at radius 1 is 1.40 bits per heavy atom. The van der Waals surface area contributed by atoms with Crippen LogP contribution in [0.15, 0.2) is 12.4 Å². The molecule has 0 saturated carbocycles. The normalized spacial score (nSPS) is 35.1. The van der Waals surface area contributed by atoms with Gasteiger partial charge >= 0.3 is 0 Å². The maximum absolute atomic E-state index is 12.9. The van der Waals surface area contributed by atoms with Gasteiger partial charge < -0.3 is 19.5 Å². The van der Waals surface area contributed by atoms with Gasteiger partial charge in [0.15, 0.2) is 0 Å². The first-order chi connectivity index (χ1) is 12.1. The van der Waals surface area contributed by atoms with E-state index in [-0.39, 0.29) is 23.8 Å². The van der Waals surface area contributed by atoms with Gasteiger partial charge in [0.2, 0.25) is 5.91 Å². The van der Waals surface area contributed by atoms with Gasteiger partial charge in [-0.3, -0.25) is 9.48 Å². The summed E-state index contributed by atoms with van der Waals surface area (Å²) in [5, 5.41) is 15.5. The van der Waals surface area contributed by atoms with Crippen LogP contribution in [0.1, 0.15) is 24.8 Å². The highest BCUT2D eigenvalue weighted by molar-refractivity contribution is 5.76. The van der Waals surface area contributed by atoms with Crippen molar-refractivity contribution in [2.24, 2.45) is 11.8 Å². The van der Waals surface area contributed by atoms with Crippen LogP contribution >= 0.6 is 0 Å². The van der Waals surface area contributed by atoms with Gasteiger partial charge in [-0.2, -0.15) is 5.10 Å². The standard InChI is InChI=1S/C18H27N3O4/c1-13-8-19-20(9-13)5-2-17(22)21-10-14-11-25-7-4-18(14,23)15-12-24-6-3-16(15)21/h8-9,14-16,23H,2-7,10-12H2,1H3/t14-,15+,16-,18-/m1/s1. The van der Waals surface area contributed by atoms with Crippen LogP contribution in [0.25, 0.3) is 0 Å². The van der Waals surface area contributed by atoms with Crippen LogP contribution in [-0.4, -0.2) is 70.3 Å². The Balaban J connectivity index is 1.49. The number of likely N-dealkylation sites (tertiary alicyclic amines) is 1. The highest BCUT2D eigenvalue weighted by Gasteiger charge is 2.56. The van der Waals surface area contributed by atoms with Gasteiger partial charge in [-0.05, 0) is 18.9 Å². The summed E-state index contributed by atoms with van der Waals surface area (Å²) >= 11 is 0. The molecule has 3 aliphatic heterocycles. The summed E-state index contributed by atoms with van der Waals surface area (Å²) in [5.41, 5.74) is 0.332. The van der Waals surface area contributed by atoms with E-state index in [0.717, 1.165) is 12.0 Å². The van der Waals surface area contributed by atoms with Gasteiger partial charge in [-0.15, -0.1) is 0 Å². The molecule has 7 nitrogen and oxygen atoms in total. The second-order valence-electron chi connectivity index (χ2n) is 7.63. The largest absolute Gasteiger partial charge is 0.389 e. The Morgan fingerprint density at radius 2 is 2.24 bits per heavy atom. The van der Waals surface area contributed by atoms with E-state index in [1.54, 1.807) is 6.20 Å². The Labute approximate surface area is 147 Å². The number of fused-ring (bicyclic) bond motifs is 3. The van der Waals surface area contributed by atoms with Crippen LogP contribution in [0.4, 0.5) is 0 Å². The maximum Gasteiger partial charge on any atom is 0.224 e. The smallest absolute Gasteiger partial charge is 0.224 e. The third kappa shape index (κ3) is 3.09. The van der Waals surface area contributed by atoms with E-state index in [2.05, 4.69) is 5.10 Å². The van der Waals surface area contributed by atoms with E-state index >= 15 is 0 Å². The average Bonchev–Trinajstić information content (AvgIpc) is 3.04. The number of piperidine rings is 1. The van der Waals surface area contributed by atoms with Crippen molar-refractivity contribution in [3.63, 3.8) is 0 Å². The maximum atomic E-state index is 12.9. The summed E-state index contributed by atoms with van der Waals surface area (Å²) in [4.78, 5) is 14.9. The molecule has 4 heterocycles. The van der Waals surface area contributed by atoms with Gasteiger partial charge in [0, 0.05) is 63.2 Å². The fourth-order valence-corrected chi connectivity index (χ4v) is 4.69. The predicted octanol–water partition coefficient (Wildman–Crippen LogP) is 0.597. The minimum atomic E-state index is -0.765. The topological polar surface area (TPSA) is 76.8 Å². The Morgan fingerprint density at radius 3 is 3.04 bits per heavy atom. The van der Waals surface area contributed by atoms with E-state index in [0.29, 0.717) is 52.4 Å². The number of aryl methyl sites for hydroxylation is 2. The monoisotopic (exact) mass is 349 g/mol. The molecule has 0 bridgehead atoms. The number of rotatable bonds is 3. The summed E-state index contributed by atoms with van der Waals surface area (Å²) in [6, 6.07) is 0.0694. The van der Waals surface area contributed by atoms with Crippen LogP contribution in [0.2, 0.25) is 0 Å². The first kappa shape index (κ1) is 17.0. The zero-order valence-corrected chi connectivity index (χ0v) is 14.8. The minimum Gasteiger partial charge on any atom is -0.389 e. The van der Waals surface area contributed by atoms with Crippen molar-refractivity contribution in [2.45, 2.75) is 44.4 Å². The van der Waals surface area contributed by atoms with E-state index < -0.39 is 5.60 Å². The SMILES string of the molecule is Cc1cnn(CCC(=O)N2C[C@@H]3COCC[C@]3(O)[C@H]3COCC[C@H]32)c1. The third-order valence-electron chi connectivity index (χ3n) is 6.09. The number of hydrogen-bond acceptors (Lipinski definition) is 5. The summed E-state index contributed by atoms with van der Waals surface area (Å²) in [7, 11) is 0. The molecule has 0 radical (unpaired) electrons. The zero-order chi connectivity index (χ0) is 17.4. The van der Waals surface area contributed by atoms with E-state index in [4.69, 9.17) is 9.47 Å². The van der Waals surface area contributed by atoms with Crippen molar-refractivity contribution in [3.8, 4) is 0 Å². The quantitative estimate of drug-likeness (QED) is 0.865. The number of nitrogens with zero attached hydrogens (tertiary/aromatic N) is 3. The molecule has 0 unspecified atom stereocenters. The molecule has 3 saturated heterocycles. The molecular formula is C18H27N3O4. The molecule has 1 aromatic rings. The Bertz CT molecular complexity index is 634. The lowest BCUT2D eigenvalue weighted by molar-refractivity contribution is -0.219. The molecule has 3 fully saturated rings. The van der Waals surface area contributed by atoms with Gasteiger partial charge in [0.1, 0.15) is 0 Å². The molecule has 0 aliphatic carbocycles. The second-order valence-corrected chi connectivity index (χ2v) is 7.63. The van der Waals surface area contributed by atoms with Crippen LogP contribution in [-0.2, 0) is 20.8 Å². The van der Waals surface area contributed by atoms with Crippen molar-refractivity contribution < 1.29 is 19.4 Å². The first-order valence-corrected chi connectivity index (χ1v) is 9.24. The zero-order valence-electron chi connectivity index (χ0n) is 14.8. The number of aromatic nitrogens is 2. The number of aliphatic hydroxyl groups is 1. The number of amides is 1. The molecule has 4 rings (SSSR count). The van der Waals surface area contributed by atoms with Crippen LogP contribution in [0, 0.1) is 18.8 Å². The molecule has 1 amide bonds. The van der Waals surface area contributed by atoms with Gasteiger partial charge in [0.25, 0.3) is 0 Å². The highest BCUT2D eigenvalue weighted by atomic mass is 16.5. The van der Waals surface area contributed by atoms with Gasteiger partial charge in [-0.1, -0.05) is 0 Å². The number of hydrogen-bond donors (Lipinski definition) is 1. The fourth-order valence-electron chi connectivity index (χ4n) is 4.69. The fraction of sp³-hybridized carbons (Fsp3) is 0.778. The van der Waals surface area contributed by atoms with Gasteiger partial charge in [0.05, 0.1) is 25.0 Å². The summed E-state index contributed by atoms with van der Waals surface area (Å²) in [6.45, 7) is 5.44. The lowest BCUT2D eigenvalue weighted by Gasteiger charge is -2.57. The molecule has 1 N–H and O–H groups in total. The molecule has 138 valence electrons. The van der Waals surface area contributed by atoms with Crippen molar-refractivity contribution in [2.75, 3.05) is 33.0 Å². The van der Waals surface area contributed by atoms with Crippen molar-refractivity contribution in [3.05, 3.63) is 18.0 Å². The lowest BCUT2D eigenvalue weighted by Crippen LogP contribution is -2.68. The van der Waals surface area contributed by atoms with Gasteiger partial charge in [-0.25, -0.2) is 0 Å². The molecule has 1 aromatic heterocycles. The number of carbonyl (C=O) groups excluding carboxylic acids is 1. The lowest BCUT2D eigenvalue weighted by atomic mass is 9.66. The molecule has 7 heteroatoms. The van der Waals surface area contributed by atoms with E-state index in [1.165, 1.54) is 0 Å². The molecule has 0 spiro atoms. The Kier molecular flexibility index (Phi) is 4.56. The highest BCUT2D eigenvalue weighted by Crippen LogP contribution is 2.44. The van der Waals surface area contributed by atoms with Crippen molar-refractivity contribution in [1.82, 2.24) is 14.7 Å². The van der Waals surface area contributed by atoms with Crippen LogP contribution in [0.5, 0.6) is 0 Å². The predicted molar refractivity (Wildman–Crippen MR) is 89.9 cm³/mol.